The standard InChI is InChI=1S/C25H32N6O2/c1-2-3-14-26-25-27-16-21-23(17-6-8-18(9-7-17)30-15-4-5-22(30)33)29-31(24(21)28-25)19-10-12-20(32)13-11-19/h6-9,16,19-20,32H,2-5,10-15H2,1H3,(H,26,27,28)/t19-,20-. The average Bonchev–Trinajstić information content (AvgIpc) is 3.43. The van der Waals surface area contributed by atoms with Gasteiger partial charge in [0.05, 0.1) is 17.5 Å². The monoisotopic (exact) mass is 448 g/mol. The molecule has 0 radical (unpaired) electrons. The number of nitrogens with zero attached hydrogens (tertiary/aromatic N) is 5. The molecule has 174 valence electrons. The molecule has 0 atom stereocenters. The summed E-state index contributed by atoms with van der Waals surface area (Å²) in [5, 5.41) is 19.2. The minimum atomic E-state index is -0.218. The molecule has 0 spiro atoms. The van der Waals surface area contributed by atoms with Crippen molar-refractivity contribution in [3.8, 4) is 11.3 Å². The van der Waals surface area contributed by atoms with Gasteiger partial charge in [-0.3, -0.25) is 4.79 Å². The predicted molar refractivity (Wildman–Crippen MR) is 129 cm³/mol. The first-order valence-electron chi connectivity index (χ1n) is 12.2. The molecule has 3 heterocycles. The number of hydrogen-bond donors (Lipinski definition) is 2. The van der Waals surface area contributed by atoms with Crippen molar-refractivity contribution in [2.75, 3.05) is 23.3 Å². The van der Waals surface area contributed by atoms with Crippen LogP contribution in [0, 0.1) is 0 Å². The van der Waals surface area contributed by atoms with E-state index in [2.05, 4.69) is 17.2 Å². The van der Waals surface area contributed by atoms with Gasteiger partial charge in [-0.05, 0) is 50.7 Å². The fourth-order valence-electron chi connectivity index (χ4n) is 4.88. The summed E-state index contributed by atoms with van der Waals surface area (Å²) >= 11 is 0. The molecule has 1 saturated heterocycles. The van der Waals surface area contributed by atoms with Crippen molar-refractivity contribution >= 4 is 28.6 Å². The van der Waals surface area contributed by atoms with Crippen LogP contribution in [-0.2, 0) is 4.79 Å². The molecule has 0 unspecified atom stereocenters. The maximum atomic E-state index is 12.1. The second-order valence-corrected chi connectivity index (χ2v) is 9.16. The third-order valence-corrected chi connectivity index (χ3v) is 6.80. The van der Waals surface area contributed by atoms with Crippen LogP contribution in [0.25, 0.3) is 22.3 Å². The molecule has 2 fully saturated rings. The van der Waals surface area contributed by atoms with Crippen molar-refractivity contribution in [1.82, 2.24) is 19.7 Å². The molecule has 2 aromatic heterocycles. The van der Waals surface area contributed by atoms with Crippen molar-refractivity contribution in [2.24, 2.45) is 0 Å². The number of benzene rings is 1. The highest BCUT2D eigenvalue weighted by Crippen LogP contribution is 2.35. The van der Waals surface area contributed by atoms with E-state index in [4.69, 9.17) is 10.1 Å². The van der Waals surface area contributed by atoms with Gasteiger partial charge in [0.25, 0.3) is 0 Å². The first-order valence-corrected chi connectivity index (χ1v) is 12.2. The van der Waals surface area contributed by atoms with E-state index >= 15 is 0 Å². The van der Waals surface area contributed by atoms with Gasteiger partial charge in [-0.2, -0.15) is 10.1 Å². The van der Waals surface area contributed by atoms with Crippen molar-refractivity contribution in [3.05, 3.63) is 30.5 Å². The number of aromatic nitrogens is 4. The summed E-state index contributed by atoms with van der Waals surface area (Å²) in [4.78, 5) is 23.4. The SMILES string of the molecule is CCCCNc1ncc2c(-c3ccc(N4CCCC4=O)cc3)nn([C@H]3CC[C@H](O)CC3)c2n1. The lowest BCUT2D eigenvalue weighted by molar-refractivity contribution is -0.117. The van der Waals surface area contributed by atoms with Crippen LogP contribution < -0.4 is 10.2 Å². The van der Waals surface area contributed by atoms with Crippen LogP contribution in [0.1, 0.15) is 64.3 Å². The first kappa shape index (κ1) is 21.8. The summed E-state index contributed by atoms with van der Waals surface area (Å²) in [7, 11) is 0. The van der Waals surface area contributed by atoms with Crippen LogP contribution in [0.15, 0.2) is 30.5 Å². The number of amides is 1. The van der Waals surface area contributed by atoms with Gasteiger partial charge in [0.1, 0.15) is 5.69 Å². The van der Waals surface area contributed by atoms with Crippen molar-refractivity contribution in [3.63, 3.8) is 0 Å². The zero-order chi connectivity index (χ0) is 22.8. The molecule has 2 aliphatic rings. The van der Waals surface area contributed by atoms with Crippen molar-refractivity contribution in [1.29, 1.82) is 0 Å². The largest absolute Gasteiger partial charge is 0.393 e. The van der Waals surface area contributed by atoms with Crippen LogP contribution >= 0.6 is 0 Å². The number of carbonyl (C=O) groups is 1. The Labute approximate surface area is 194 Å². The predicted octanol–water partition coefficient (Wildman–Crippen LogP) is 4.31. The second kappa shape index (κ2) is 9.47. The van der Waals surface area contributed by atoms with Crippen LogP contribution in [-0.4, -0.2) is 50.0 Å². The van der Waals surface area contributed by atoms with Crippen LogP contribution in [0.5, 0.6) is 0 Å². The Morgan fingerprint density at radius 3 is 2.64 bits per heavy atom. The second-order valence-electron chi connectivity index (χ2n) is 9.16. The number of anilines is 2. The fourth-order valence-corrected chi connectivity index (χ4v) is 4.88. The van der Waals surface area contributed by atoms with E-state index < -0.39 is 0 Å². The number of unbranched alkanes of at least 4 members (excludes halogenated alkanes) is 1. The third kappa shape index (κ3) is 4.44. The van der Waals surface area contributed by atoms with Gasteiger partial charge in [-0.1, -0.05) is 25.5 Å². The Hall–Kier alpha value is -3.00. The molecule has 5 rings (SSSR count). The first-order chi connectivity index (χ1) is 16.1. The number of rotatable bonds is 7. The van der Waals surface area contributed by atoms with Gasteiger partial charge in [0.2, 0.25) is 11.9 Å². The summed E-state index contributed by atoms with van der Waals surface area (Å²) in [5.74, 6) is 0.816. The van der Waals surface area contributed by atoms with Gasteiger partial charge in [0, 0.05) is 37.0 Å². The molecule has 0 bridgehead atoms. The molecule has 1 aliphatic heterocycles. The van der Waals surface area contributed by atoms with Crippen LogP contribution in [0.2, 0.25) is 0 Å². The quantitative estimate of drug-likeness (QED) is 0.523. The highest BCUT2D eigenvalue weighted by molar-refractivity contribution is 5.96. The van der Waals surface area contributed by atoms with Gasteiger partial charge < -0.3 is 15.3 Å². The number of nitrogens with one attached hydrogen (secondary N) is 1. The summed E-state index contributed by atoms with van der Waals surface area (Å²) in [6.07, 6.45) is 8.70. The highest BCUT2D eigenvalue weighted by atomic mass is 16.3. The van der Waals surface area contributed by atoms with Gasteiger partial charge in [-0.25, -0.2) is 9.67 Å². The topological polar surface area (TPSA) is 96.2 Å². The van der Waals surface area contributed by atoms with E-state index in [-0.39, 0.29) is 18.1 Å². The molecule has 1 aliphatic carbocycles. The zero-order valence-electron chi connectivity index (χ0n) is 19.2. The minimum Gasteiger partial charge on any atom is -0.393 e. The molecule has 1 saturated carbocycles. The smallest absolute Gasteiger partial charge is 0.227 e. The van der Waals surface area contributed by atoms with E-state index in [1.165, 1.54) is 0 Å². The summed E-state index contributed by atoms with van der Waals surface area (Å²) in [6, 6.07) is 8.28. The van der Waals surface area contributed by atoms with E-state index in [1.54, 1.807) is 0 Å². The average molecular weight is 449 g/mol. The molecular formula is C25H32N6O2. The number of aliphatic hydroxyl groups excluding tert-OH is 1. The lowest BCUT2D eigenvalue weighted by Gasteiger charge is -2.25. The molecule has 8 nitrogen and oxygen atoms in total. The van der Waals surface area contributed by atoms with Gasteiger partial charge >= 0.3 is 0 Å². The molecule has 1 amide bonds. The lowest BCUT2D eigenvalue weighted by Crippen LogP contribution is -2.23. The van der Waals surface area contributed by atoms with Crippen LogP contribution in [0.3, 0.4) is 0 Å². The molecule has 33 heavy (non-hydrogen) atoms. The Bertz CT molecular complexity index is 1120. The van der Waals surface area contributed by atoms with Crippen LogP contribution in [0.4, 0.5) is 11.6 Å². The highest BCUT2D eigenvalue weighted by Gasteiger charge is 2.26. The van der Waals surface area contributed by atoms with E-state index in [1.807, 2.05) is 40.0 Å². The third-order valence-electron chi connectivity index (χ3n) is 6.80. The summed E-state index contributed by atoms with van der Waals surface area (Å²) < 4.78 is 2.04. The minimum absolute atomic E-state index is 0.188. The Balaban J connectivity index is 1.50. The van der Waals surface area contributed by atoms with E-state index in [9.17, 15) is 9.90 Å². The van der Waals surface area contributed by atoms with E-state index in [0.717, 1.165) is 86.0 Å². The van der Waals surface area contributed by atoms with E-state index in [0.29, 0.717) is 12.4 Å². The Kier molecular flexibility index (Phi) is 6.26. The maximum Gasteiger partial charge on any atom is 0.227 e. The Morgan fingerprint density at radius 1 is 1.15 bits per heavy atom. The van der Waals surface area contributed by atoms with Crippen molar-refractivity contribution < 1.29 is 9.90 Å². The Morgan fingerprint density at radius 2 is 1.94 bits per heavy atom. The van der Waals surface area contributed by atoms with Crippen molar-refractivity contribution in [2.45, 2.75) is 70.4 Å². The normalized spacial score (nSPS) is 21.2. The lowest BCUT2D eigenvalue weighted by atomic mass is 9.93. The molecule has 8 heteroatoms. The van der Waals surface area contributed by atoms with Gasteiger partial charge in [-0.15, -0.1) is 0 Å². The molecule has 1 aromatic carbocycles. The molecule has 3 aromatic rings. The number of hydrogen-bond acceptors (Lipinski definition) is 6. The number of carbonyl (C=O) groups excluding carboxylic acids is 1. The fraction of sp³-hybridized carbons (Fsp3) is 0.520. The summed E-state index contributed by atoms with van der Waals surface area (Å²) in [5.41, 5.74) is 3.61. The maximum absolute atomic E-state index is 12.1. The van der Waals surface area contributed by atoms with Gasteiger partial charge in [0.15, 0.2) is 5.65 Å². The summed E-state index contributed by atoms with van der Waals surface area (Å²) in [6.45, 7) is 3.79. The molecular weight excluding hydrogens is 416 g/mol. The zero-order valence-corrected chi connectivity index (χ0v) is 19.2. The number of aliphatic hydroxyl groups is 1. The molecule has 2 N–H and O–H groups in total. The number of fused-ring (bicyclic) bond motifs is 1.